The van der Waals surface area contributed by atoms with E-state index >= 15 is 0 Å². The van der Waals surface area contributed by atoms with Crippen molar-refractivity contribution in [3.63, 3.8) is 0 Å². The molecule has 0 spiro atoms. The van der Waals surface area contributed by atoms with Crippen LogP contribution in [0.25, 0.3) is 0 Å². The molecule has 0 saturated carbocycles. The van der Waals surface area contributed by atoms with Crippen molar-refractivity contribution in [1.82, 2.24) is 5.32 Å². The topological polar surface area (TPSA) is 114 Å². The van der Waals surface area contributed by atoms with Gasteiger partial charge in [0.25, 0.3) is 7.82 Å². The molecule has 1 N–H and O–H groups in total. The minimum atomic E-state index is -4.69. The van der Waals surface area contributed by atoms with Gasteiger partial charge in [0.2, 0.25) is 5.91 Å². The zero-order chi connectivity index (χ0) is 57.9. The van der Waals surface area contributed by atoms with Gasteiger partial charge in [-0.3, -0.25) is 14.2 Å². The van der Waals surface area contributed by atoms with E-state index in [2.05, 4.69) is 38.2 Å². The Hall–Kier alpha value is -1.51. The number of hydrogen-bond donors (Lipinski definition) is 1. The molecule has 0 heterocycles. The summed E-state index contributed by atoms with van der Waals surface area (Å²) >= 11 is 0. The average Bonchev–Trinajstić information content (AvgIpc) is 3.41. The number of allylic oxidation sites excluding steroid dienone is 3. The number of ether oxygens (including phenoxy) is 1. The van der Waals surface area contributed by atoms with Crippen molar-refractivity contribution < 1.29 is 37.3 Å². The molecule has 0 aromatic heterocycles. The first-order valence-electron chi connectivity index (χ1n) is 34.6. The zero-order valence-corrected chi connectivity index (χ0v) is 54.5. The number of phosphoric acid groups is 1. The van der Waals surface area contributed by atoms with Crippen LogP contribution in [0.5, 0.6) is 0 Å². The van der Waals surface area contributed by atoms with Gasteiger partial charge in [-0.1, -0.05) is 309 Å². The van der Waals surface area contributed by atoms with E-state index in [9.17, 15) is 19.0 Å². The largest absolute Gasteiger partial charge is 0.756 e. The van der Waals surface area contributed by atoms with Crippen molar-refractivity contribution in [3.05, 3.63) is 24.3 Å². The van der Waals surface area contributed by atoms with E-state index in [1.54, 1.807) is 0 Å². The smallest absolute Gasteiger partial charge is 0.306 e. The quantitative estimate of drug-likeness (QED) is 0.0212. The van der Waals surface area contributed by atoms with Gasteiger partial charge < -0.3 is 28.5 Å². The monoisotopic (exact) mass is 1140 g/mol. The van der Waals surface area contributed by atoms with Gasteiger partial charge in [-0.25, -0.2) is 0 Å². The highest BCUT2D eigenvalue weighted by atomic mass is 31.2. The Kier molecular flexibility index (Phi) is 58.5. The third kappa shape index (κ3) is 60.9. The molecule has 0 aliphatic rings. The van der Waals surface area contributed by atoms with Gasteiger partial charge in [0.15, 0.2) is 0 Å². The van der Waals surface area contributed by atoms with Gasteiger partial charge >= 0.3 is 5.97 Å². The molecule has 3 unspecified atom stereocenters. The Morgan fingerprint density at radius 3 is 1.08 bits per heavy atom. The molecule has 468 valence electrons. The summed E-state index contributed by atoms with van der Waals surface area (Å²) in [4.78, 5) is 40.1. The predicted octanol–water partition coefficient (Wildman–Crippen LogP) is 21.0. The van der Waals surface area contributed by atoms with Crippen LogP contribution in [0.3, 0.4) is 0 Å². The molecule has 10 heteroatoms. The molecular weight excluding hydrogens is 1000 g/mol. The number of esters is 1. The average molecular weight is 1140 g/mol. The molecule has 0 rings (SSSR count). The highest BCUT2D eigenvalue weighted by molar-refractivity contribution is 7.45. The molecule has 3 atom stereocenters. The molecule has 0 fully saturated rings. The number of phosphoric ester groups is 1. The summed E-state index contributed by atoms with van der Waals surface area (Å²) in [5.74, 6) is -0.519. The maximum Gasteiger partial charge on any atom is 0.306 e. The first-order chi connectivity index (χ1) is 38.4. The molecule has 0 saturated heterocycles. The molecule has 0 aromatic rings. The van der Waals surface area contributed by atoms with Crippen LogP contribution in [-0.2, 0) is 27.9 Å². The number of hydrogen-bond acceptors (Lipinski definition) is 7. The maximum absolute atomic E-state index is 13.6. The number of rotatable bonds is 64. The molecule has 0 aromatic carbocycles. The lowest BCUT2D eigenvalue weighted by atomic mass is 10.0. The van der Waals surface area contributed by atoms with Crippen molar-refractivity contribution in [2.75, 3.05) is 40.9 Å². The van der Waals surface area contributed by atoms with Gasteiger partial charge in [-0.2, -0.15) is 0 Å². The summed E-state index contributed by atoms with van der Waals surface area (Å²) in [5.41, 5.74) is 0. The third-order valence-electron chi connectivity index (χ3n) is 15.9. The summed E-state index contributed by atoms with van der Waals surface area (Å²) in [5, 5.41) is 3.04. The summed E-state index contributed by atoms with van der Waals surface area (Å²) < 4.78 is 30.4. The fourth-order valence-electron chi connectivity index (χ4n) is 10.5. The second kappa shape index (κ2) is 59.6. The van der Waals surface area contributed by atoms with Crippen LogP contribution in [0.15, 0.2) is 24.3 Å². The van der Waals surface area contributed by atoms with Gasteiger partial charge in [0.05, 0.1) is 33.8 Å². The van der Waals surface area contributed by atoms with Gasteiger partial charge in [-0.15, -0.1) is 0 Å². The molecule has 79 heavy (non-hydrogen) atoms. The number of unbranched alkanes of at least 4 members (excludes halogenated alkanes) is 46. The maximum atomic E-state index is 13.6. The van der Waals surface area contributed by atoms with E-state index < -0.39 is 20.0 Å². The molecule has 0 bridgehead atoms. The number of likely N-dealkylation sites (N-methyl/N-ethyl adjacent to an activating group) is 1. The van der Waals surface area contributed by atoms with Crippen LogP contribution in [0.2, 0.25) is 0 Å². The lowest BCUT2D eigenvalue weighted by Crippen LogP contribution is -2.47. The summed E-state index contributed by atoms with van der Waals surface area (Å²) in [6.45, 7) is 6.90. The molecule has 0 radical (unpaired) electrons. The van der Waals surface area contributed by atoms with Gasteiger partial charge in [0.1, 0.15) is 19.3 Å². The number of amides is 1. The van der Waals surface area contributed by atoms with Crippen molar-refractivity contribution in [2.45, 2.75) is 367 Å². The molecule has 9 nitrogen and oxygen atoms in total. The first kappa shape index (κ1) is 77.5. The second-order valence-corrected chi connectivity index (χ2v) is 26.5. The summed E-state index contributed by atoms with van der Waals surface area (Å²) in [6, 6.07) is -0.882. The molecule has 0 aliphatic carbocycles. The summed E-state index contributed by atoms with van der Waals surface area (Å²) in [7, 11) is 1.21. The fraction of sp³-hybridized carbons (Fsp3) is 0.913. The van der Waals surface area contributed by atoms with E-state index in [1.165, 1.54) is 263 Å². The number of quaternary nitrogens is 1. The third-order valence-corrected chi connectivity index (χ3v) is 16.8. The van der Waals surface area contributed by atoms with Crippen LogP contribution in [-0.4, -0.2) is 69.4 Å². The van der Waals surface area contributed by atoms with E-state index in [1.807, 2.05) is 33.3 Å². The lowest BCUT2D eigenvalue weighted by Gasteiger charge is -2.30. The zero-order valence-electron chi connectivity index (χ0n) is 53.6. The highest BCUT2D eigenvalue weighted by Crippen LogP contribution is 2.38. The Labute approximate surface area is 492 Å². The highest BCUT2D eigenvalue weighted by Gasteiger charge is 2.27. The number of nitrogens with zero attached hydrogens (tertiary/aromatic N) is 1. The van der Waals surface area contributed by atoms with Crippen LogP contribution in [0.4, 0.5) is 0 Å². The molecule has 0 aliphatic heterocycles. The standard InChI is InChI=1S/C69H135N2O7P/c1-7-10-13-16-19-22-25-28-30-32-33-34-35-36-37-38-39-40-42-44-47-50-53-56-59-62-69(73)78-67(60-57-54-51-48-45-27-24-21-18-15-12-9-3)66(65-77-79(74,75)76-64-63-71(4,5)6)70-68(72)61-58-55-52-49-46-43-41-31-29-26-23-20-17-14-11-8-2/h28,30,57,60,66-67H,7-27,29,31-56,58-59,61-65H2,1-6H3,(H-,70,72,74,75)/b30-28+,60-57+. The Balaban J connectivity index is 5.02. The first-order valence-corrected chi connectivity index (χ1v) is 36.1. The van der Waals surface area contributed by atoms with Crippen molar-refractivity contribution >= 4 is 19.7 Å². The van der Waals surface area contributed by atoms with Crippen LogP contribution < -0.4 is 10.2 Å². The van der Waals surface area contributed by atoms with Gasteiger partial charge in [-0.05, 0) is 57.4 Å². The summed E-state index contributed by atoms with van der Waals surface area (Å²) in [6.07, 6.45) is 71.6. The molecular formula is C69H135N2O7P. The van der Waals surface area contributed by atoms with E-state index in [0.717, 1.165) is 57.8 Å². The van der Waals surface area contributed by atoms with Gasteiger partial charge in [0, 0.05) is 12.8 Å². The predicted molar refractivity (Wildman–Crippen MR) is 340 cm³/mol. The SMILES string of the molecule is CCCCCCCC/C=C/CCCCCCCCCCCCCCCCCC(=O)OC(/C=C/CCCCCCCCCCCC)C(COP(=O)([O-])OCC[N+](C)(C)C)NC(=O)CCCCCCCCCCCCCCCCCC. The van der Waals surface area contributed by atoms with E-state index in [4.69, 9.17) is 13.8 Å². The van der Waals surface area contributed by atoms with Crippen molar-refractivity contribution in [1.29, 1.82) is 0 Å². The second-order valence-electron chi connectivity index (χ2n) is 25.0. The Morgan fingerprint density at radius 2 is 0.734 bits per heavy atom. The van der Waals surface area contributed by atoms with E-state index in [-0.39, 0.29) is 31.5 Å². The fourth-order valence-corrected chi connectivity index (χ4v) is 11.2. The number of carbonyl (C=O) groups is 2. The van der Waals surface area contributed by atoms with Crippen LogP contribution >= 0.6 is 7.82 Å². The Morgan fingerprint density at radius 1 is 0.430 bits per heavy atom. The minimum absolute atomic E-state index is 0.0178. The van der Waals surface area contributed by atoms with Crippen molar-refractivity contribution in [2.24, 2.45) is 0 Å². The Bertz CT molecular complexity index is 1400. The number of carbonyl (C=O) groups excluding carboxylic acids is 2. The minimum Gasteiger partial charge on any atom is -0.756 e. The lowest BCUT2D eigenvalue weighted by molar-refractivity contribution is -0.870. The normalized spacial score (nSPS) is 13.7. The van der Waals surface area contributed by atoms with Crippen LogP contribution in [0, 0.1) is 0 Å². The van der Waals surface area contributed by atoms with E-state index in [0.29, 0.717) is 17.4 Å². The number of nitrogens with one attached hydrogen (secondary N) is 1. The van der Waals surface area contributed by atoms with Crippen LogP contribution in [0.1, 0.15) is 355 Å². The van der Waals surface area contributed by atoms with Crippen molar-refractivity contribution in [3.8, 4) is 0 Å². The molecule has 1 amide bonds.